The molecule has 0 saturated heterocycles. The molecule has 2 fully saturated rings. The van der Waals surface area contributed by atoms with Gasteiger partial charge >= 0.3 is 0 Å². The normalized spacial score (nSPS) is 18.2. The molecule has 2 aliphatic carbocycles. The van der Waals surface area contributed by atoms with Crippen LogP contribution in [0.15, 0.2) is 24.4 Å². The minimum atomic E-state index is 0.289. The molecular formula is C20H26N2O2. The second-order valence-corrected chi connectivity index (χ2v) is 7.07. The third kappa shape index (κ3) is 2.90. The molecular weight excluding hydrogens is 300 g/mol. The summed E-state index contributed by atoms with van der Waals surface area (Å²) < 4.78 is 5.77. The second kappa shape index (κ2) is 6.50. The van der Waals surface area contributed by atoms with Crippen molar-refractivity contribution in [2.45, 2.75) is 64.0 Å². The standard InChI is InChI=1S/C20H26N2O2/c1-2-24-18-9-5-8-17-20(18)14(13-21-17)12-19(23)22(16-10-11-16)15-6-3-4-7-15/h5,8-9,13,15-16,21H,2-4,6-7,10-12H2,1H3. The van der Waals surface area contributed by atoms with E-state index in [4.69, 9.17) is 4.74 Å². The fourth-order valence-corrected chi connectivity index (χ4v) is 4.13. The van der Waals surface area contributed by atoms with Crippen LogP contribution in [0, 0.1) is 0 Å². The largest absolute Gasteiger partial charge is 0.493 e. The van der Waals surface area contributed by atoms with Crippen molar-refractivity contribution in [1.29, 1.82) is 0 Å². The van der Waals surface area contributed by atoms with Crippen molar-refractivity contribution in [2.75, 3.05) is 6.61 Å². The lowest BCUT2D eigenvalue weighted by Crippen LogP contribution is -2.41. The number of aromatic nitrogens is 1. The first-order valence-corrected chi connectivity index (χ1v) is 9.31. The maximum atomic E-state index is 13.1. The second-order valence-electron chi connectivity index (χ2n) is 7.07. The minimum Gasteiger partial charge on any atom is -0.493 e. The van der Waals surface area contributed by atoms with Crippen LogP contribution < -0.4 is 4.74 Å². The molecule has 128 valence electrons. The van der Waals surface area contributed by atoms with Gasteiger partial charge in [-0.2, -0.15) is 0 Å². The van der Waals surface area contributed by atoms with Gasteiger partial charge in [-0.3, -0.25) is 4.79 Å². The summed E-state index contributed by atoms with van der Waals surface area (Å²) >= 11 is 0. The summed E-state index contributed by atoms with van der Waals surface area (Å²) in [6.45, 7) is 2.62. The van der Waals surface area contributed by atoms with Gasteiger partial charge in [0.1, 0.15) is 5.75 Å². The predicted octanol–water partition coefficient (Wildman–Crippen LogP) is 4.04. The Kier molecular flexibility index (Phi) is 4.21. The van der Waals surface area contributed by atoms with E-state index in [0.717, 1.165) is 22.2 Å². The number of rotatable bonds is 6. The van der Waals surface area contributed by atoms with Gasteiger partial charge in [0.25, 0.3) is 0 Å². The third-order valence-electron chi connectivity index (χ3n) is 5.34. The van der Waals surface area contributed by atoms with E-state index in [1.165, 1.54) is 38.5 Å². The van der Waals surface area contributed by atoms with Gasteiger partial charge in [0.15, 0.2) is 0 Å². The number of aromatic amines is 1. The fraction of sp³-hybridized carbons (Fsp3) is 0.550. The Morgan fingerprint density at radius 1 is 1.21 bits per heavy atom. The first-order valence-electron chi connectivity index (χ1n) is 9.31. The van der Waals surface area contributed by atoms with Crippen molar-refractivity contribution in [2.24, 2.45) is 0 Å². The molecule has 2 aromatic rings. The number of carbonyl (C=O) groups excluding carboxylic acids is 1. The van der Waals surface area contributed by atoms with Crippen LogP contribution in [0.1, 0.15) is 51.0 Å². The van der Waals surface area contributed by atoms with Gasteiger partial charge in [0, 0.05) is 29.2 Å². The number of nitrogens with one attached hydrogen (secondary N) is 1. The summed E-state index contributed by atoms with van der Waals surface area (Å²) in [6.07, 6.45) is 9.70. The number of fused-ring (bicyclic) bond motifs is 1. The lowest BCUT2D eigenvalue weighted by atomic mass is 10.1. The topological polar surface area (TPSA) is 45.3 Å². The van der Waals surface area contributed by atoms with Gasteiger partial charge in [0.05, 0.1) is 13.0 Å². The lowest BCUT2D eigenvalue weighted by Gasteiger charge is -2.29. The lowest BCUT2D eigenvalue weighted by molar-refractivity contribution is -0.133. The quantitative estimate of drug-likeness (QED) is 0.870. The number of ether oxygens (including phenoxy) is 1. The highest BCUT2D eigenvalue weighted by atomic mass is 16.5. The Labute approximate surface area is 143 Å². The Balaban J connectivity index is 1.59. The van der Waals surface area contributed by atoms with Crippen molar-refractivity contribution in [3.8, 4) is 5.75 Å². The molecule has 0 spiro atoms. The molecule has 24 heavy (non-hydrogen) atoms. The van der Waals surface area contributed by atoms with E-state index in [0.29, 0.717) is 25.1 Å². The molecule has 1 heterocycles. The van der Waals surface area contributed by atoms with Gasteiger partial charge < -0.3 is 14.6 Å². The Bertz CT molecular complexity index is 726. The Morgan fingerprint density at radius 2 is 1.96 bits per heavy atom. The van der Waals surface area contributed by atoms with Crippen LogP contribution in [0.3, 0.4) is 0 Å². The van der Waals surface area contributed by atoms with E-state index < -0.39 is 0 Å². The first-order chi connectivity index (χ1) is 11.8. The molecule has 4 nitrogen and oxygen atoms in total. The highest BCUT2D eigenvalue weighted by molar-refractivity contribution is 5.93. The van der Waals surface area contributed by atoms with Crippen LogP contribution in [0.5, 0.6) is 5.75 Å². The summed E-state index contributed by atoms with van der Waals surface area (Å²) in [5.41, 5.74) is 2.10. The third-order valence-corrected chi connectivity index (χ3v) is 5.34. The minimum absolute atomic E-state index is 0.289. The number of hydrogen-bond acceptors (Lipinski definition) is 2. The van der Waals surface area contributed by atoms with Crippen LogP contribution in [-0.4, -0.2) is 34.5 Å². The number of carbonyl (C=O) groups is 1. The molecule has 1 aromatic carbocycles. The molecule has 0 bridgehead atoms. The Hall–Kier alpha value is -1.97. The van der Waals surface area contributed by atoms with Crippen LogP contribution in [0.4, 0.5) is 0 Å². The number of amides is 1. The van der Waals surface area contributed by atoms with E-state index in [9.17, 15) is 4.79 Å². The molecule has 4 heteroatoms. The van der Waals surface area contributed by atoms with E-state index in [2.05, 4.69) is 9.88 Å². The van der Waals surface area contributed by atoms with E-state index in [-0.39, 0.29) is 5.91 Å². The first kappa shape index (κ1) is 15.6. The summed E-state index contributed by atoms with van der Waals surface area (Å²) in [7, 11) is 0. The molecule has 0 unspecified atom stereocenters. The molecule has 1 aromatic heterocycles. The van der Waals surface area contributed by atoms with Crippen molar-refractivity contribution >= 4 is 16.8 Å². The van der Waals surface area contributed by atoms with Crippen LogP contribution in [0.2, 0.25) is 0 Å². The maximum Gasteiger partial charge on any atom is 0.227 e. The van der Waals surface area contributed by atoms with Crippen molar-refractivity contribution in [1.82, 2.24) is 9.88 Å². The van der Waals surface area contributed by atoms with Crippen molar-refractivity contribution in [3.63, 3.8) is 0 Å². The van der Waals surface area contributed by atoms with Gasteiger partial charge in [-0.15, -0.1) is 0 Å². The molecule has 1 N–H and O–H groups in total. The highest BCUT2D eigenvalue weighted by Crippen LogP contribution is 2.36. The average molecular weight is 326 g/mol. The molecule has 2 saturated carbocycles. The predicted molar refractivity (Wildman–Crippen MR) is 95.3 cm³/mol. The van der Waals surface area contributed by atoms with Gasteiger partial charge in [0.2, 0.25) is 5.91 Å². The molecule has 2 aliphatic rings. The zero-order valence-corrected chi connectivity index (χ0v) is 14.4. The SMILES string of the molecule is CCOc1cccc2[nH]cc(CC(=O)N(C3CCCC3)C3CC3)c12. The highest BCUT2D eigenvalue weighted by Gasteiger charge is 2.38. The fourth-order valence-electron chi connectivity index (χ4n) is 4.13. The van der Waals surface area contributed by atoms with E-state index >= 15 is 0 Å². The maximum absolute atomic E-state index is 13.1. The molecule has 0 aliphatic heterocycles. The van der Waals surface area contributed by atoms with Crippen molar-refractivity contribution < 1.29 is 9.53 Å². The van der Waals surface area contributed by atoms with Gasteiger partial charge in [-0.05, 0) is 50.3 Å². The van der Waals surface area contributed by atoms with Crippen LogP contribution >= 0.6 is 0 Å². The summed E-state index contributed by atoms with van der Waals surface area (Å²) in [5, 5.41) is 1.06. The monoisotopic (exact) mass is 326 g/mol. The van der Waals surface area contributed by atoms with Gasteiger partial charge in [-0.1, -0.05) is 18.9 Å². The smallest absolute Gasteiger partial charge is 0.227 e. The zero-order chi connectivity index (χ0) is 16.5. The summed E-state index contributed by atoms with van der Waals surface area (Å²) in [5.74, 6) is 1.16. The van der Waals surface area contributed by atoms with Crippen LogP contribution in [0.25, 0.3) is 10.9 Å². The average Bonchev–Trinajstić information content (AvgIpc) is 3.08. The molecule has 4 rings (SSSR count). The Morgan fingerprint density at radius 3 is 2.67 bits per heavy atom. The number of hydrogen-bond donors (Lipinski definition) is 1. The number of benzene rings is 1. The number of nitrogens with zero attached hydrogens (tertiary/aromatic N) is 1. The molecule has 0 atom stereocenters. The van der Waals surface area contributed by atoms with E-state index in [1.807, 2.05) is 31.3 Å². The summed E-state index contributed by atoms with van der Waals surface area (Å²) in [6, 6.07) is 6.99. The molecule has 1 amide bonds. The zero-order valence-electron chi connectivity index (χ0n) is 14.4. The summed E-state index contributed by atoms with van der Waals surface area (Å²) in [4.78, 5) is 18.6. The number of H-pyrrole nitrogens is 1. The van der Waals surface area contributed by atoms with Crippen molar-refractivity contribution in [3.05, 3.63) is 30.0 Å². The van der Waals surface area contributed by atoms with E-state index in [1.54, 1.807) is 0 Å². The van der Waals surface area contributed by atoms with Crippen LogP contribution in [-0.2, 0) is 11.2 Å². The van der Waals surface area contributed by atoms with Gasteiger partial charge in [-0.25, -0.2) is 0 Å². The molecule has 0 radical (unpaired) electrons.